The Morgan fingerprint density at radius 2 is 1.78 bits per heavy atom. The first-order valence-electron chi connectivity index (χ1n) is 6.72. The molecule has 0 saturated carbocycles. The molecular weight excluding hydrogens is 222 g/mol. The van der Waals surface area contributed by atoms with Crippen LogP contribution >= 0.6 is 0 Å². The molecular formula is C16H21NO. The summed E-state index contributed by atoms with van der Waals surface area (Å²) in [7, 11) is 0. The lowest BCUT2D eigenvalue weighted by atomic mass is 10.1. The molecule has 2 heteroatoms. The highest BCUT2D eigenvalue weighted by Crippen LogP contribution is 2.22. The minimum Gasteiger partial charge on any atom is -0.460 e. The van der Waals surface area contributed by atoms with Crippen LogP contribution < -0.4 is 5.32 Å². The van der Waals surface area contributed by atoms with Gasteiger partial charge in [-0.05, 0) is 30.7 Å². The van der Waals surface area contributed by atoms with Crippen LogP contribution in [0.25, 0.3) is 11.3 Å². The molecule has 0 saturated heterocycles. The fourth-order valence-electron chi connectivity index (χ4n) is 2.00. The molecule has 2 rings (SSSR count). The lowest BCUT2D eigenvalue weighted by Crippen LogP contribution is -2.10. The zero-order valence-electron chi connectivity index (χ0n) is 11.2. The standard InChI is InChI=1S/C16H21NO/c1-3-5-13-6-8-14(9-7-13)16-11-10-15(18-16)12-17-4-2/h6-11,17H,3-5,12H2,1-2H3. The lowest BCUT2D eigenvalue weighted by molar-refractivity contribution is 0.498. The Hall–Kier alpha value is -1.54. The second-order valence-corrected chi connectivity index (χ2v) is 4.49. The highest BCUT2D eigenvalue weighted by atomic mass is 16.3. The maximum atomic E-state index is 5.81. The number of furan rings is 1. The maximum absolute atomic E-state index is 5.81. The van der Waals surface area contributed by atoms with E-state index < -0.39 is 0 Å². The van der Waals surface area contributed by atoms with Crippen molar-refractivity contribution in [3.05, 3.63) is 47.7 Å². The Kier molecular flexibility index (Phi) is 4.59. The number of nitrogens with one attached hydrogen (secondary N) is 1. The Morgan fingerprint density at radius 3 is 2.44 bits per heavy atom. The summed E-state index contributed by atoms with van der Waals surface area (Å²) in [6, 6.07) is 12.7. The number of rotatable bonds is 6. The van der Waals surface area contributed by atoms with E-state index in [1.54, 1.807) is 0 Å². The number of aryl methyl sites for hydroxylation is 1. The van der Waals surface area contributed by atoms with E-state index in [0.29, 0.717) is 0 Å². The molecule has 96 valence electrons. The van der Waals surface area contributed by atoms with Crippen LogP contribution in [0.5, 0.6) is 0 Å². The molecule has 0 atom stereocenters. The first-order chi connectivity index (χ1) is 8.83. The molecule has 0 bridgehead atoms. The zero-order chi connectivity index (χ0) is 12.8. The SMILES string of the molecule is CCCc1ccc(-c2ccc(CNCC)o2)cc1. The van der Waals surface area contributed by atoms with Crippen LogP contribution in [-0.4, -0.2) is 6.54 Å². The third-order valence-corrected chi connectivity index (χ3v) is 2.99. The Morgan fingerprint density at radius 1 is 1.00 bits per heavy atom. The molecule has 2 aromatic rings. The van der Waals surface area contributed by atoms with E-state index in [2.05, 4.69) is 43.4 Å². The van der Waals surface area contributed by atoms with E-state index in [1.807, 2.05) is 12.1 Å². The Balaban J connectivity index is 2.08. The van der Waals surface area contributed by atoms with E-state index in [-0.39, 0.29) is 0 Å². The summed E-state index contributed by atoms with van der Waals surface area (Å²) in [4.78, 5) is 0. The smallest absolute Gasteiger partial charge is 0.134 e. The third-order valence-electron chi connectivity index (χ3n) is 2.99. The summed E-state index contributed by atoms with van der Waals surface area (Å²) in [5.41, 5.74) is 2.54. The Labute approximate surface area is 109 Å². The van der Waals surface area contributed by atoms with Crippen LogP contribution in [0.1, 0.15) is 31.6 Å². The van der Waals surface area contributed by atoms with Gasteiger partial charge in [0.25, 0.3) is 0 Å². The monoisotopic (exact) mass is 243 g/mol. The lowest BCUT2D eigenvalue weighted by Gasteiger charge is -2.01. The van der Waals surface area contributed by atoms with Gasteiger partial charge in [-0.2, -0.15) is 0 Å². The molecule has 0 spiro atoms. The molecule has 2 nitrogen and oxygen atoms in total. The van der Waals surface area contributed by atoms with Crippen molar-refractivity contribution in [1.82, 2.24) is 5.32 Å². The average molecular weight is 243 g/mol. The predicted molar refractivity (Wildman–Crippen MR) is 75.5 cm³/mol. The van der Waals surface area contributed by atoms with Crippen molar-refractivity contribution in [3.8, 4) is 11.3 Å². The van der Waals surface area contributed by atoms with Gasteiger partial charge < -0.3 is 9.73 Å². The zero-order valence-corrected chi connectivity index (χ0v) is 11.2. The van der Waals surface area contributed by atoms with Crippen LogP contribution in [0.15, 0.2) is 40.8 Å². The van der Waals surface area contributed by atoms with Gasteiger partial charge >= 0.3 is 0 Å². The Bertz CT molecular complexity index is 470. The van der Waals surface area contributed by atoms with Crippen LogP contribution in [0.3, 0.4) is 0 Å². The maximum Gasteiger partial charge on any atom is 0.134 e. The van der Waals surface area contributed by atoms with Crippen molar-refractivity contribution in [2.45, 2.75) is 33.2 Å². The molecule has 0 aliphatic rings. The highest BCUT2D eigenvalue weighted by Gasteiger charge is 2.04. The molecule has 0 aliphatic carbocycles. The molecule has 0 fully saturated rings. The molecule has 1 heterocycles. The summed E-state index contributed by atoms with van der Waals surface area (Å²) in [5.74, 6) is 1.94. The summed E-state index contributed by atoms with van der Waals surface area (Å²) < 4.78 is 5.81. The molecule has 1 aromatic carbocycles. The fourth-order valence-corrected chi connectivity index (χ4v) is 2.00. The molecule has 0 amide bonds. The topological polar surface area (TPSA) is 25.2 Å². The summed E-state index contributed by atoms with van der Waals surface area (Å²) in [6.07, 6.45) is 2.33. The average Bonchev–Trinajstić information content (AvgIpc) is 2.86. The van der Waals surface area contributed by atoms with Gasteiger partial charge in [0.1, 0.15) is 11.5 Å². The summed E-state index contributed by atoms with van der Waals surface area (Å²) in [6.45, 7) is 6.05. The molecule has 0 aliphatic heterocycles. The molecule has 1 N–H and O–H groups in total. The van der Waals surface area contributed by atoms with Gasteiger partial charge in [-0.1, -0.05) is 44.5 Å². The molecule has 0 radical (unpaired) electrons. The van der Waals surface area contributed by atoms with E-state index in [9.17, 15) is 0 Å². The van der Waals surface area contributed by atoms with E-state index >= 15 is 0 Å². The minimum atomic E-state index is 0.796. The normalized spacial score (nSPS) is 10.8. The molecule has 0 unspecified atom stereocenters. The van der Waals surface area contributed by atoms with Crippen molar-refractivity contribution in [2.24, 2.45) is 0 Å². The van der Waals surface area contributed by atoms with Crippen LogP contribution in [0, 0.1) is 0 Å². The largest absolute Gasteiger partial charge is 0.460 e. The van der Waals surface area contributed by atoms with Crippen molar-refractivity contribution < 1.29 is 4.42 Å². The van der Waals surface area contributed by atoms with Crippen LogP contribution in [0.2, 0.25) is 0 Å². The van der Waals surface area contributed by atoms with Gasteiger partial charge in [-0.3, -0.25) is 0 Å². The summed E-state index contributed by atoms with van der Waals surface area (Å²) >= 11 is 0. The van der Waals surface area contributed by atoms with Crippen molar-refractivity contribution in [1.29, 1.82) is 0 Å². The van der Waals surface area contributed by atoms with Crippen molar-refractivity contribution >= 4 is 0 Å². The van der Waals surface area contributed by atoms with Gasteiger partial charge in [-0.25, -0.2) is 0 Å². The fraction of sp³-hybridized carbons (Fsp3) is 0.375. The number of hydrogen-bond acceptors (Lipinski definition) is 2. The van der Waals surface area contributed by atoms with Gasteiger partial charge in [0.2, 0.25) is 0 Å². The molecule has 1 aromatic heterocycles. The van der Waals surface area contributed by atoms with E-state index in [0.717, 1.165) is 36.6 Å². The van der Waals surface area contributed by atoms with Gasteiger partial charge in [0.15, 0.2) is 0 Å². The van der Waals surface area contributed by atoms with E-state index in [4.69, 9.17) is 4.42 Å². The first-order valence-corrected chi connectivity index (χ1v) is 6.72. The second kappa shape index (κ2) is 6.41. The van der Waals surface area contributed by atoms with Gasteiger partial charge in [0.05, 0.1) is 6.54 Å². The van der Waals surface area contributed by atoms with Crippen LogP contribution in [-0.2, 0) is 13.0 Å². The van der Waals surface area contributed by atoms with Gasteiger partial charge in [-0.15, -0.1) is 0 Å². The molecule has 18 heavy (non-hydrogen) atoms. The van der Waals surface area contributed by atoms with E-state index in [1.165, 1.54) is 12.0 Å². The third kappa shape index (κ3) is 3.23. The van der Waals surface area contributed by atoms with Gasteiger partial charge in [0, 0.05) is 5.56 Å². The minimum absolute atomic E-state index is 0.796. The highest BCUT2D eigenvalue weighted by molar-refractivity contribution is 5.57. The first kappa shape index (κ1) is 12.9. The van der Waals surface area contributed by atoms with Crippen LogP contribution in [0.4, 0.5) is 0 Å². The van der Waals surface area contributed by atoms with Crippen molar-refractivity contribution in [2.75, 3.05) is 6.54 Å². The number of benzene rings is 1. The second-order valence-electron chi connectivity index (χ2n) is 4.49. The quantitative estimate of drug-likeness (QED) is 0.829. The summed E-state index contributed by atoms with van der Waals surface area (Å²) in [5, 5.41) is 3.26. The van der Waals surface area contributed by atoms with Crippen molar-refractivity contribution in [3.63, 3.8) is 0 Å². The number of hydrogen-bond donors (Lipinski definition) is 1. The predicted octanol–water partition coefficient (Wildman–Crippen LogP) is 4.01.